The van der Waals surface area contributed by atoms with Gasteiger partial charge in [0.1, 0.15) is 6.04 Å². The van der Waals surface area contributed by atoms with E-state index in [9.17, 15) is 19.5 Å². The Kier molecular flexibility index (Phi) is 7.34. The van der Waals surface area contributed by atoms with Crippen LogP contribution in [0.4, 0.5) is 5.69 Å². The number of likely N-dealkylation sites (tertiary alicyclic amines) is 1. The minimum absolute atomic E-state index is 0.0665. The maximum atomic E-state index is 14.8. The third-order valence-electron chi connectivity index (χ3n) is 9.53. The van der Waals surface area contributed by atoms with Crippen molar-refractivity contribution in [1.82, 2.24) is 9.80 Å². The zero-order valence-electron chi connectivity index (χ0n) is 24.7. The van der Waals surface area contributed by atoms with E-state index < -0.39 is 33.4 Å². The van der Waals surface area contributed by atoms with Crippen LogP contribution < -0.4 is 4.90 Å². The molecule has 8 heteroatoms. The molecule has 2 fully saturated rings. The normalized spacial score (nSPS) is 31.1. The first-order valence-electron chi connectivity index (χ1n) is 14.8. The van der Waals surface area contributed by atoms with Gasteiger partial charge in [-0.3, -0.25) is 14.4 Å². The maximum Gasteiger partial charge on any atom is 0.251 e. The summed E-state index contributed by atoms with van der Waals surface area (Å²) < 4.78 is -1.62. The highest BCUT2D eigenvalue weighted by atomic mass is 32.2. The quantitative estimate of drug-likeness (QED) is 0.513. The van der Waals surface area contributed by atoms with Crippen molar-refractivity contribution >= 4 is 35.2 Å². The Morgan fingerprint density at radius 2 is 1.69 bits per heavy atom. The molecule has 1 N–H and O–H groups in total. The summed E-state index contributed by atoms with van der Waals surface area (Å²) in [6.07, 6.45) is 8.67. The molecule has 0 saturated carbocycles. The van der Waals surface area contributed by atoms with Gasteiger partial charge in [0.25, 0.3) is 5.91 Å². The summed E-state index contributed by atoms with van der Waals surface area (Å²) in [4.78, 5) is 49.1. The van der Waals surface area contributed by atoms with Crippen LogP contribution in [0.3, 0.4) is 0 Å². The molecule has 7 nitrogen and oxygen atoms in total. The molecule has 0 aromatic heterocycles. The number of anilines is 1. The van der Waals surface area contributed by atoms with Gasteiger partial charge in [-0.1, -0.05) is 73.7 Å². The molecule has 4 heterocycles. The molecule has 4 aliphatic rings. The summed E-state index contributed by atoms with van der Waals surface area (Å²) in [7, 11) is 0. The SMILES string of the molecule is CC[C@@H](CO)N1C(=O)[C@@H]2[C@@H]3C(=O)N(Cc4ccccc4)CC=C[C@]3(C)S[C@@]23C=CCN(c2cc(C)ccc2C)C(=O)C13. The second kappa shape index (κ2) is 10.7. The lowest BCUT2D eigenvalue weighted by atomic mass is 9.74. The molecule has 0 aliphatic carbocycles. The van der Waals surface area contributed by atoms with Crippen molar-refractivity contribution in [2.45, 2.75) is 62.2 Å². The van der Waals surface area contributed by atoms with Gasteiger partial charge in [0.2, 0.25) is 11.8 Å². The molecule has 42 heavy (non-hydrogen) atoms. The van der Waals surface area contributed by atoms with Gasteiger partial charge in [-0.05, 0) is 49.9 Å². The predicted molar refractivity (Wildman–Crippen MR) is 166 cm³/mol. The highest BCUT2D eigenvalue weighted by molar-refractivity contribution is 8.02. The van der Waals surface area contributed by atoms with Crippen molar-refractivity contribution in [3.8, 4) is 0 Å². The molecule has 0 bridgehead atoms. The number of aryl methyl sites for hydroxylation is 2. The van der Waals surface area contributed by atoms with E-state index >= 15 is 0 Å². The number of carbonyl (C=O) groups is 3. The fourth-order valence-corrected chi connectivity index (χ4v) is 9.63. The Labute approximate surface area is 252 Å². The lowest BCUT2D eigenvalue weighted by molar-refractivity contribution is -0.145. The predicted octanol–water partition coefficient (Wildman–Crippen LogP) is 4.26. The van der Waals surface area contributed by atoms with Gasteiger partial charge in [0.15, 0.2) is 0 Å². The first-order valence-corrected chi connectivity index (χ1v) is 15.7. The van der Waals surface area contributed by atoms with Crippen LogP contribution in [0.15, 0.2) is 72.8 Å². The van der Waals surface area contributed by atoms with Crippen LogP contribution in [0.2, 0.25) is 0 Å². The first kappa shape index (κ1) is 28.7. The Hall–Kier alpha value is -3.36. The van der Waals surface area contributed by atoms with Crippen LogP contribution in [-0.4, -0.2) is 73.9 Å². The molecule has 2 saturated heterocycles. The monoisotopic (exact) mass is 585 g/mol. The Morgan fingerprint density at radius 1 is 0.952 bits per heavy atom. The molecule has 2 aromatic rings. The third-order valence-corrected chi connectivity index (χ3v) is 11.3. The zero-order valence-corrected chi connectivity index (χ0v) is 25.5. The largest absolute Gasteiger partial charge is 0.394 e. The average molecular weight is 586 g/mol. The molecule has 6 rings (SSSR count). The van der Waals surface area contributed by atoms with Gasteiger partial charge >= 0.3 is 0 Å². The number of benzene rings is 2. The highest BCUT2D eigenvalue weighted by Crippen LogP contribution is 2.66. The summed E-state index contributed by atoms with van der Waals surface area (Å²) in [5, 5.41) is 10.4. The van der Waals surface area contributed by atoms with Crippen molar-refractivity contribution in [1.29, 1.82) is 0 Å². The second-order valence-corrected chi connectivity index (χ2v) is 14.0. The fraction of sp³-hybridized carbons (Fsp3) is 0.441. The highest BCUT2D eigenvalue weighted by Gasteiger charge is 2.74. The minimum atomic E-state index is -0.946. The van der Waals surface area contributed by atoms with Crippen LogP contribution in [0.5, 0.6) is 0 Å². The van der Waals surface area contributed by atoms with Crippen molar-refractivity contribution < 1.29 is 19.5 Å². The van der Waals surface area contributed by atoms with Crippen molar-refractivity contribution in [2.75, 3.05) is 24.6 Å². The number of rotatable bonds is 6. The summed E-state index contributed by atoms with van der Waals surface area (Å²) >= 11 is 1.58. The Morgan fingerprint density at radius 3 is 2.40 bits per heavy atom. The van der Waals surface area contributed by atoms with Gasteiger partial charge in [-0.2, -0.15) is 0 Å². The number of thioether (sulfide) groups is 1. The molecule has 220 valence electrons. The fourth-order valence-electron chi connectivity index (χ4n) is 7.49. The number of amides is 3. The number of hydrogen-bond donors (Lipinski definition) is 1. The van der Waals surface area contributed by atoms with Crippen LogP contribution in [0, 0.1) is 25.7 Å². The van der Waals surface area contributed by atoms with Gasteiger partial charge in [-0.15, -0.1) is 11.8 Å². The minimum Gasteiger partial charge on any atom is -0.394 e. The summed E-state index contributed by atoms with van der Waals surface area (Å²) in [6, 6.07) is 14.6. The molecule has 6 atom stereocenters. The van der Waals surface area contributed by atoms with Crippen LogP contribution in [-0.2, 0) is 20.9 Å². The first-order chi connectivity index (χ1) is 20.1. The van der Waals surface area contributed by atoms with E-state index in [4.69, 9.17) is 0 Å². The summed E-state index contributed by atoms with van der Waals surface area (Å²) in [5.74, 6) is -1.83. The molecule has 1 unspecified atom stereocenters. The molecular formula is C34H39N3O4S. The van der Waals surface area contributed by atoms with Crippen LogP contribution in [0.25, 0.3) is 0 Å². The van der Waals surface area contributed by atoms with Gasteiger partial charge < -0.3 is 19.8 Å². The van der Waals surface area contributed by atoms with E-state index in [0.717, 1.165) is 22.4 Å². The van der Waals surface area contributed by atoms with Crippen molar-refractivity contribution in [3.05, 3.63) is 89.5 Å². The molecule has 3 amide bonds. The summed E-state index contributed by atoms with van der Waals surface area (Å²) in [5.41, 5.74) is 3.87. The van der Waals surface area contributed by atoms with Gasteiger partial charge in [-0.25, -0.2) is 0 Å². The van der Waals surface area contributed by atoms with Gasteiger partial charge in [0.05, 0.1) is 29.2 Å². The molecule has 0 radical (unpaired) electrons. The number of nitrogens with zero attached hydrogens (tertiary/aromatic N) is 3. The van der Waals surface area contributed by atoms with E-state index in [1.807, 2.05) is 99.4 Å². The standard InChI is InChI=1S/C34H39N3O4S/c1-5-25(21-38)37-29-32(41)36(26-19-22(2)13-14-23(26)3)18-10-16-34(29)28(31(37)40)27-30(39)35(17-9-15-33(27,4)42-34)20-24-11-7-6-8-12-24/h6-16,19,25,27-29,38H,5,17-18,20-21H2,1-4H3/t25-,27+,28-,29?,33-,34-/m0/s1. The van der Waals surface area contributed by atoms with E-state index in [1.54, 1.807) is 21.6 Å². The van der Waals surface area contributed by atoms with E-state index in [0.29, 0.717) is 26.1 Å². The Balaban J connectivity index is 1.47. The second-order valence-electron chi connectivity index (χ2n) is 12.2. The number of aliphatic hydroxyl groups excluding tert-OH is 1. The third kappa shape index (κ3) is 4.33. The van der Waals surface area contributed by atoms with E-state index in [1.165, 1.54) is 0 Å². The number of hydrogen-bond acceptors (Lipinski definition) is 5. The average Bonchev–Trinajstić information content (AvgIpc) is 3.25. The van der Waals surface area contributed by atoms with Crippen LogP contribution >= 0.6 is 11.8 Å². The number of carbonyl (C=O) groups excluding carboxylic acids is 3. The number of fused-ring (bicyclic) bond motifs is 2. The van der Waals surface area contributed by atoms with E-state index in [-0.39, 0.29) is 24.3 Å². The zero-order chi connectivity index (χ0) is 29.8. The maximum absolute atomic E-state index is 14.8. The summed E-state index contributed by atoms with van der Waals surface area (Å²) in [6.45, 7) is 9.00. The number of aliphatic hydroxyl groups is 1. The van der Waals surface area contributed by atoms with Gasteiger partial charge in [0, 0.05) is 30.1 Å². The lowest BCUT2D eigenvalue weighted by Crippen LogP contribution is -2.57. The Bertz CT molecular complexity index is 1470. The molecular weight excluding hydrogens is 546 g/mol. The topological polar surface area (TPSA) is 81.2 Å². The molecule has 1 spiro atoms. The smallest absolute Gasteiger partial charge is 0.251 e. The lowest BCUT2D eigenvalue weighted by Gasteiger charge is -2.39. The van der Waals surface area contributed by atoms with Crippen molar-refractivity contribution in [3.63, 3.8) is 0 Å². The molecule has 4 aliphatic heterocycles. The van der Waals surface area contributed by atoms with Crippen molar-refractivity contribution in [2.24, 2.45) is 11.8 Å². The van der Waals surface area contributed by atoms with Crippen LogP contribution in [0.1, 0.15) is 37.0 Å². The van der Waals surface area contributed by atoms with E-state index in [2.05, 4.69) is 6.08 Å². The molecule has 2 aromatic carbocycles.